The molecule has 0 spiro atoms. The van der Waals surface area contributed by atoms with Crippen molar-refractivity contribution in [1.82, 2.24) is 0 Å². The van der Waals surface area contributed by atoms with Gasteiger partial charge in [0.2, 0.25) is 0 Å². The van der Waals surface area contributed by atoms with Crippen LogP contribution in [-0.2, 0) is 6.18 Å². The van der Waals surface area contributed by atoms with E-state index in [2.05, 4.69) is 18.2 Å². The van der Waals surface area contributed by atoms with Crippen molar-refractivity contribution in [2.24, 2.45) is 0 Å². The number of alkyl halides is 3. The van der Waals surface area contributed by atoms with Gasteiger partial charge >= 0.3 is 6.18 Å². The van der Waals surface area contributed by atoms with Crippen LogP contribution in [0.15, 0.2) is 78.9 Å². The Morgan fingerprint density at radius 1 is 0.583 bits per heavy atom. The van der Waals surface area contributed by atoms with E-state index in [-0.39, 0.29) is 0 Å². The van der Waals surface area contributed by atoms with Gasteiger partial charge in [0.05, 0.1) is 5.56 Å². The summed E-state index contributed by atoms with van der Waals surface area (Å²) in [6, 6.07) is 23.5. The third kappa shape index (κ3) is 2.52. The van der Waals surface area contributed by atoms with E-state index in [0.29, 0.717) is 0 Å². The zero-order valence-electron chi connectivity index (χ0n) is 12.6. The Bertz CT molecular complexity index is 1030. The minimum atomic E-state index is -4.31. The highest BCUT2D eigenvalue weighted by Crippen LogP contribution is 2.34. The van der Waals surface area contributed by atoms with E-state index in [1.165, 1.54) is 12.1 Å². The second-order valence-corrected chi connectivity index (χ2v) is 5.80. The first-order chi connectivity index (χ1) is 11.5. The molecule has 0 atom stereocenters. The van der Waals surface area contributed by atoms with Gasteiger partial charge in [-0.25, -0.2) is 0 Å². The molecule has 0 fully saturated rings. The molecule has 4 rings (SSSR count). The minimum absolute atomic E-state index is 0.628. The third-order valence-corrected chi connectivity index (χ3v) is 4.27. The molecule has 3 heteroatoms. The normalized spacial score (nSPS) is 12.0. The summed E-state index contributed by atoms with van der Waals surface area (Å²) in [5.74, 6) is 0. The van der Waals surface area contributed by atoms with Gasteiger partial charge in [-0.2, -0.15) is 13.2 Å². The van der Waals surface area contributed by atoms with Gasteiger partial charge in [-0.05, 0) is 56.9 Å². The van der Waals surface area contributed by atoms with Crippen molar-refractivity contribution < 1.29 is 13.2 Å². The standard InChI is InChI=1S/C21H13F3/c22-21(23,24)18-10-8-14(9-11-18)19-7-3-6-17-12-15-4-1-2-5-16(15)13-20(17)19/h1-13H. The van der Waals surface area contributed by atoms with Crippen LogP contribution in [0.2, 0.25) is 0 Å². The molecular formula is C21H13F3. The van der Waals surface area contributed by atoms with Gasteiger partial charge in [-0.1, -0.05) is 54.6 Å². The van der Waals surface area contributed by atoms with E-state index in [1.54, 1.807) is 0 Å². The van der Waals surface area contributed by atoms with E-state index in [1.807, 2.05) is 36.4 Å². The fourth-order valence-electron chi connectivity index (χ4n) is 3.06. The lowest BCUT2D eigenvalue weighted by Crippen LogP contribution is -2.03. The number of fused-ring (bicyclic) bond motifs is 2. The predicted octanol–water partition coefficient (Wildman–Crippen LogP) is 6.68. The lowest BCUT2D eigenvalue weighted by molar-refractivity contribution is -0.137. The Kier molecular flexibility index (Phi) is 3.31. The van der Waals surface area contributed by atoms with Gasteiger partial charge in [0.15, 0.2) is 0 Å². The Morgan fingerprint density at radius 3 is 1.88 bits per heavy atom. The summed E-state index contributed by atoms with van der Waals surface area (Å²) >= 11 is 0. The molecule has 24 heavy (non-hydrogen) atoms. The monoisotopic (exact) mass is 322 g/mol. The smallest absolute Gasteiger partial charge is 0.166 e. The first kappa shape index (κ1) is 14.8. The molecule has 118 valence electrons. The number of halogens is 3. The summed E-state index contributed by atoms with van der Waals surface area (Å²) in [6.45, 7) is 0. The highest BCUT2D eigenvalue weighted by molar-refractivity contribution is 6.04. The Labute approximate surface area is 137 Å². The van der Waals surface area contributed by atoms with Crippen LogP contribution in [0.4, 0.5) is 13.2 Å². The number of rotatable bonds is 1. The average Bonchev–Trinajstić information content (AvgIpc) is 2.59. The average molecular weight is 322 g/mol. The van der Waals surface area contributed by atoms with Gasteiger partial charge in [-0.15, -0.1) is 0 Å². The van der Waals surface area contributed by atoms with E-state index in [9.17, 15) is 13.2 Å². The number of benzene rings is 4. The fourth-order valence-corrected chi connectivity index (χ4v) is 3.06. The van der Waals surface area contributed by atoms with Crippen LogP contribution in [0.25, 0.3) is 32.7 Å². The van der Waals surface area contributed by atoms with Crippen LogP contribution in [0.5, 0.6) is 0 Å². The van der Waals surface area contributed by atoms with Crippen LogP contribution in [0.1, 0.15) is 5.56 Å². The van der Waals surface area contributed by atoms with Crippen molar-refractivity contribution >= 4 is 21.5 Å². The van der Waals surface area contributed by atoms with Crippen LogP contribution >= 0.6 is 0 Å². The Morgan fingerprint density at radius 2 is 1.21 bits per heavy atom. The van der Waals surface area contributed by atoms with E-state index < -0.39 is 11.7 Å². The van der Waals surface area contributed by atoms with Crippen molar-refractivity contribution in [1.29, 1.82) is 0 Å². The maximum atomic E-state index is 12.7. The quantitative estimate of drug-likeness (QED) is 0.343. The summed E-state index contributed by atoms with van der Waals surface area (Å²) in [7, 11) is 0. The van der Waals surface area contributed by atoms with Gasteiger partial charge in [0.1, 0.15) is 0 Å². The van der Waals surface area contributed by atoms with E-state index in [0.717, 1.165) is 44.8 Å². The second kappa shape index (κ2) is 5.38. The lowest BCUT2D eigenvalue weighted by Gasteiger charge is -2.11. The molecule has 0 aliphatic carbocycles. The predicted molar refractivity (Wildman–Crippen MR) is 91.9 cm³/mol. The molecule has 0 aliphatic heterocycles. The molecule has 4 aromatic rings. The summed E-state index contributed by atoms with van der Waals surface area (Å²) in [5, 5.41) is 4.38. The molecule has 4 aromatic carbocycles. The molecule has 0 saturated heterocycles. The molecule has 0 amide bonds. The molecule has 0 radical (unpaired) electrons. The van der Waals surface area contributed by atoms with Crippen molar-refractivity contribution in [2.45, 2.75) is 6.18 Å². The molecular weight excluding hydrogens is 309 g/mol. The second-order valence-electron chi connectivity index (χ2n) is 5.80. The van der Waals surface area contributed by atoms with Crippen LogP contribution in [-0.4, -0.2) is 0 Å². The number of hydrogen-bond acceptors (Lipinski definition) is 0. The molecule has 0 aromatic heterocycles. The highest BCUT2D eigenvalue weighted by atomic mass is 19.4. The van der Waals surface area contributed by atoms with Crippen molar-refractivity contribution in [3.8, 4) is 11.1 Å². The molecule has 0 aliphatic rings. The molecule has 0 bridgehead atoms. The zero-order valence-corrected chi connectivity index (χ0v) is 12.6. The Balaban J connectivity index is 1.91. The van der Waals surface area contributed by atoms with Crippen LogP contribution in [0.3, 0.4) is 0 Å². The van der Waals surface area contributed by atoms with Crippen LogP contribution < -0.4 is 0 Å². The number of hydrogen-bond donors (Lipinski definition) is 0. The summed E-state index contributed by atoms with van der Waals surface area (Å²) in [5.41, 5.74) is 1.09. The minimum Gasteiger partial charge on any atom is -0.166 e. The van der Waals surface area contributed by atoms with Crippen molar-refractivity contribution in [2.75, 3.05) is 0 Å². The zero-order chi connectivity index (χ0) is 16.7. The summed E-state index contributed by atoms with van der Waals surface area (Å²) < 4.78 is 38.2. The van der Waals surface area contributed by atoms with Crippen molar-refractivity contribution in [3.63, 3.8) is 0 Å². The lowest BCUT2D eigenvalue weighted by atomic mass is 9.95. The maximum absolute atomic E-state index is 12.7. The highest BCUT2D eigenvalue weighted by Gasteiger charge is 2.30. The molecule has 0 saturated carbocycles. The van der Waals surface area contributed by atoms with E-state index in [4.69, 9.17) is 0 Å². The van der Waals surface area contributed by atoms with Gasteiger partial charge in [0, 0.05) is 0 Å². The van der Waals surface area contributed by atoms with Gasteiger partial charge in [0.25, 0.3) is 0 Å². The van der Waals surface area contributed by atoms with Crippen molar-refractivity contribution in [3.05, 3.63) is 84.4 Å². The molecule has 0 heterocycles. The molecule has 0 unspecified atom stereocenters. The summed E-state index contributed by atoms with van der Waals surface area (Å²) in [4.78, 5) is 0. The molecule has 0 N–H and O–H groups in total. The van der Waals surface area contributed by atoms with Crippen LogP contribution in [0, 0.1) is 0 Å². The first-order valence-electron chi connectivity index (χ1n) is 7.61. The summed E-state index contributed by atoms with van der Waals surface area (Å²) in [6.07, 6.45) is -4.31. The maximum Gasteiger partial charge on any atom is 0.416 e. The largest absolute Gasteiger partial charge is 0.416 e. The van der Waals surface area contributed by atoms with E-state index >= 15 is 0 Å². The third-order valence-electron chi connectivity index (χ3n) is 4.27. The first-order valence-corrected chi connectivity index (χ1v) is 7.61. The van der Waals surface area contributed by atoms with Gasteiger partial charge in [-0.3, -0.25) is 0 Å². The van der Waals surface area contributed by atoms with Gasteiger partial charge < -0.3 is 0 Å². The Hall–Kier alpha value is -2.81. The SMILES string of the molecule is FC(F)(F)c1ccc(-c2cccc3cc4ccccc4cc23)cc1. The topological polar surface area (TPSA) is 0 Å². The fraction of sp³-hybridized carbons (Fsp3) is 0.0476. The molecule has 0 nitrogen and oxygen atoms in total.